The largest absolute Gasteiger partial charge is 0.618 e. The lowest BCUT2D eigenvalue weighted by atomic mass is 10.2. The Kier molecular flexibility index (Phi) is 3.87. The molecular formula is C17H14N2O3. The van der Waals surface area contributed by atoms with Crippen molar-refractivity contribution in [1.82, 2.24) is 0 Å². The van der Waals surface area contributed by atoms with Crippen LogP contribution in [0.15, 0.2) is 66.9 Å². The minimum absolute atomic E-state index is 0.175. The van der Waals surface area contributed by atoms with E-state index in [0.717, 1.165) is 15.7 Å². The van der Waals surface area contributed by atoms with Gasteiger partial charge in [0, 0.05) is 11.5 Å². The molecule has 0 spiro atoms. The zero-order valence-corrected chi connectivity index (χ0v) is 11.7. The number of nitrogens with one attached hydrogen (secondary N) is 1. The Morgan fingerprint density at radius 3 is 2.64 bits per heavy atom. The zero-order chi connectivity index (χ0) is 15.4. The Hall–Kier alpha value is -3.08. The standard InChI is InChI=1S/C17H14N2O3/c20-17(22-12-13-6-2-1-3-7-13)18-15-10-4-8-14-9-5-11-19(21)16(14)15/h1-11H,12H2,(H,18,20). The van der Waals surface area contributed by atoms with E-state index in [0.29, 0.717) is 11.2 Å². The van der Waals surface area contributed by atoms with Crippen molar-refractivity contribution >= 4 is 22.7 Å². The molecule has 0 atom stereocenters. The third-order valence-corrected chi connectivity index (χ3v) is 3.23. The normalized spacial score (nSPS) is 10.4. The summed E-state index contributed by atoms with van der Waals surface area (Å²) >= 11 is 0. The minimum Gasteiger partial charge on any atom is -0.618 e. The van der Waals surface area contributed by atoms with Gasteiger partial charge >= 0.3 is 6.09 Å². The Balaban J connectivity index is 1.74. The summed E-state index contributed by atoms with van der Waals surface area (Å²) in [6.07, 6.45) is 0.795. The van der Waals surface area contributed by atoms with Crippen LogP contribution in [0, 0.1) is 5.21 Å². The van der Waals surface area contributed by atoms with E-state index >= 15 is 0 Å². The number of anilines is 1. The van der Waals surface area contributed by atoms with E-state index in [1.165, 1.54) is 6.20 Å². The number of rotatable bonds is 3. The second-order valence-electron chi connectivity index (χ2n) is 4.76. The molecule has 0 bridgehead atoms. The molecule has 5 nitrogen and oxygen atoms in total. The minimum atomic E-state index is -0.597. The zero-order valence-electron chi connectivity index (χ0n) is 11.7. The summed E-state index contributed by atoms with van der Waals surface area (Å²) < 4.78 is 5.88. The van der Waals surface area contributed by atoms with Gasteiger partial charge < -0.3 is 9.94 Å². The predicted molar refractivity (Wildman–Crippen MR) is 83.2 cm³/mol. The fourth-order valence-corrected chi connectivity index (χ4v) is 2.21. The predicted octanol–water partition coefficient (Wildman–Crippen LogP) is 3.22. The monoisotopic (exact) mass is 294 g/mol. The quantitative estimate of drug-likeness (QED) is 0.596. The van der Waals surface area contributed by atoms with E-state index in [4.69, 9.17) is 4.74 Å². The number of hydrogen-bond acceptors (Lipinski definition) is 3. The van der Waals surface area contributed by atoms with Crippen LogP contribution in [-0.2, 0) is 11.3 Å². The van der Waals surface area contributed by atoms with Gasteiger partial charge in [-0.15, -0.1) is 0 Å². The average molecular weight is 294 g/mol. The molecular weight excluding hydrogens is 280 g/mol. The number of carbonyl (C=O) groups excluding carboxylic acids is 1. The molecule has 0 fully saturated rings. The first-order chi connectivity index (χ1) is 10.7. The molecule has 0 saturated heterocycles. The summed E-state index contributed by atoms with van der Waals surface area (Å²) in [5.74, 6) is 0. The number of fused-ring (bicyclic) bond motifs is 1. The number of nitrogens with zero attached hydrogens (tertiary/aromatic N) is 1. The van der Waals surface area contributed by atoms with E-state index < -0.39 is 6.09 Å². The Morgan fingerprint density at radius 1 is 1.05 bits per heavy atom. The van der Waals surface area contributed by atoms with Gasteiger partial charge in [0.25, 0.3) is 0 Å². The van der Waals surface area contributed by atoms with Crippen LogP contribution in [0.3, 0.4) is 0 Å². The maximum absolute atomic E-state index is 11.9. The number of pyridine rings is 1. The second kappa shape index (κ2) is 6.13. The van der Waals surface area contributed by atoms with Crippen molar-refractivity contribution in [2.75, 3.05) is 5.32 Å². The SMILES string of the molecule is O=C(Nc1cccc2ccc[n+]([O-])c12)OCc1ccccc1. The van der Waals surface area contributed by atoms with Crippen LogP contribution in [0.5, 0.6) is 0 Å². The Bertz CT molecular complexity index is 798. The van der Waals surface area contributed by atoms with E-state index in [1.807, 2.05) is 42.5 Å². The molecule has 22 heavy (non-hydrogen) atoms. The van der Waals surface area contributed by atoms with Crippen molar-refractivity contribution < 1.29 is 14.3 Å². The number of amides is 1. The maximum atomic E-state index is 11.9. The van der Waals surface area contributed by atoms with Crippen molar-refractivity contribution in [3.8, 4) is 0 Å². The van der Waals surface area contributed by atoms with Crippen molar-refractivity contribution in [3.05, 3.63) is 77.6 Å². The van der Waals surface area contributed by atoms with Gasteiger partial charge in [0.05, 0.1) is 0 Å². The molecule has 1 heterocycles. The molecule has 1 aromatic heterocycles. The number of benzene rings is 2. The lowest BCUT2D eigenvalue weighted by molar-refractivity contribution is -0.576. The summed E-state index contributed by atoms with van der Waals surface area (Å²) in [5, 5.41) is 15.2. The van der Waals surface area contributed by atoms with Crippen LogP contribution in [0.1, 0.15) is 5.56 Å². The number of hydrogen-bond donors (Lipinski definition) is 1. The van der Waals surface area contributed by atoms with Gasteiger partial charge in [-0.25, -0.2) is 4.79 Å². The van der Waals surface area contributed by atoms with E-state index in [-0.39, 0.29) is 6.61 Å². The van der Waals surface area contributed by atoms with Crippen LogP contribution >= 0.6 is 0 Å². The lowest BCUT2D eigenvalue weighted by Crippen LogP contribution is -2.27. The number of carbonyl (C=O) groups is 1. The fourth-order valence-electron chi connectivity index (χ4n) is 2.21. The first-order valence-corrected chi connectivity index (χ1v) is 6.82. The van der Waals surface area contributed by atoms with Crippen molar-refractivity contribution in [2.24, 2.45) is 0 Å². The molecule has 0 saturated carbocycles. The summed E-state index contributed by atoms with van der Waals surface area (Å²) in [4.78, 5) is 11.9. The van der Waals surface area contributed by atoms with Crippen molar-refractivity contribution in [2.45, 2.75) is 6.61 Å². The first kappa shape index (κ1) is 13.9. The van der Waals surface area contributed by atoms with Gasteiger partial charge in [-0.1, -0.05) is 36.4 Å². The highest BCUT2D eigenvalue weighted by Gasteiger charge is 2.12. The molecule has 3 aromatic rings. The fraction of sp³-hybridized carbons (Fsp3) is 0.0588. The maximum Gasteiger partial charge on any atom is 0.412 e. The molecule has 0 radical (unpaired) electrons. The third kappa shape index (κ3) is 2.98. The smallest absolute Gasteiger partial charge is 0.412 e. The van der Waals surface area contributed by atoms with Gasteiger partial charge in [-0.2, -0.15) is 4.73 Å². The van der Waals surface area contributed by atoms with Gasteiger partial charge in [0.2, 0.25) is 5.52 Å². The molecule has 0 aliphatic carbocycles. The van der Waals surface area contributed by atoms with Crippen LogP contribution in [0.2, 0.25) is 0 Å². The van der Waals surface area contributed by atoms with Crippen LogP contribution in [-0.4, -0.2) is 6.09 Å². The van der Waals surface area contributed by atoms with Gasteiger partial charge in [0.15, 0.2) is 6.20 Å². The summed E-state index contributed by atoms with van der Waals surface area (Å²) in [6, 6.07) is 18.1. The molecule has 2 aromatic carbocycles. The van der Waals surface area contributed by atoms with E-state index in [9.17, 15) is 10.0 Å². The van der Waals surface area contributed by atoms with Crippen molar-refractivity contribution in [3.63, 3.8) is 0 Å². The first-order valence-electron chi connectivity index (χ1n) is 6.82. The highest BCUT2D eigenvalue weighted by Crippen LogP contribution is 2.19. The van der Waals surface area contributed by atoms with Gasteiger partial charge in [-0.3, -0.25) is 5.32 Å². The molecule has 0 unspecified atom stereocenters. The second-order valence-corrected chi connectivity index (χ2v) is 4.76. The molecule has 0 aliphatic rings. The molecule has 3 rings (SSSR count). The Morgan fingerprint density at radius 2 is 1.82 bits per heavy atom. The number of ether oxygens (including phenoxy) is 1. The molecule has 5 heteroatoms. The molecule has 0 aliphatic heterocycles. The van der Waals surface area contributed by atoms with Crippen LogP contribution in [0.25, 0.3) is 10.9 Å². The van der Waals surface area contributed by atoms with Crippen molar-refractivity contribution in [1.29, 1.82) is 0 Å². The van der Waals surface area contributed by atoms with Crippen LogP contribution < -0.4 is 10.0 Å². The lowest BCUT2D eigenvalue weighted by Gasteiger charge is -2.09. The van der Waals surface area contributed by atoms with Gasteiger partial charge in [-0.05, 0) is 23.8 Å². The third-order valence-electron chi connectivity index (χ3n) is 3.23. The molecule has 110 valence electrons. The summed E-state index contributed by atoms with van der Waals surface area (Å²) in [5.41, 5.74) is 1.72. The average Bonchev–Trinajstić information content (AvgIpc) is 2.54. The number of para-hydroxylation sites is 1. The van der Waals surface area contributed by atoms with E-state index in [1.54, 1.807) is 18.2 Å². The summed E-state index contributed by atoms with van der Waals surface area (Å²) in [7, 11) is 0. The molecule has 1 N–H and O–H groups in total. The van der Waals surface area contributed by atoms with Gasteiger partial charge in [0.1, 0.15) is 12.3 Å². The Labute approximate surface area is 127 Å². The van der Waals surface area contributed by atoms with Crippen LogP contribution in [0.4, 0.5) is 10.5 Å². The highest BCUT2D eigenvalue weighted by molar-refractivity contribution is 5.96. The molecule has 1 amide bonds. The summed E-state index contributed by atoms with van der Waals surface area (Å²) in [6.45, 7) is 0.175. The highest BCUT2D eigenvalue weighted by atomic mass is 16.5. The van der Waals surface area contributed by atoms with E-state index in [2.05, 4.69) is 5.32 Å². The topological polar surface area (TPSA) is 65.3 Å². The number of aromatic nitrogens is 1.